The van der Waals surface area contributed by atoms with Crippen LogP contribution in [0.5, 0.6) is 0 Å². The third kappa shape index (κ3) is 4.62. The van der Waals surface area contributed by atoms with Crippen molar-refractivity contribution in [3.63, 3.8) is 0 Å². The number of anilines is 1. The highest BCUT2D eigenvalue weighted by molar-refractivity contribution is 7.15. The standard InChI is InChI=1S/C16H24N6O2S/c1-10-12(11(2)19-18-10)6-7-22(3)9-14(23)17-16-21-20-15(25-16)13-5-4-8-24-13/h13H,4-9H2,1-3H3,(H,18,19)(H,17,21,23). The van der Waals surface area contributed by atoms with E-state index in [9.17, 15) is 4.79 Å². The van der Waals surface area contributed by atoms with Crippen LogP contribution < -0.4 is 5.32 Å². The maximum absolute atomic E-state index is 12.2. The van der Waals surface area contributed by atoms with Crippen molar-refractivity contribution >= 4 is 22.4 Å². The van der Waals surface area contributed by atoms with Crippen LogP contribution in [0.3, 0.4) is 0 Å². The number of rotatable bonds is 7. The number of likely N-dealkylation sites (N-methyl/N-ethyl adjacent to an activating group) is 1. The number of nitrogens with one attached hydrogen (secondary N) is 2. The molecule has 1 saturated heterocycles. The Kier molecular flexibility index (Phi) is 5.77. The van der Waals surface area contributed by atoms with Crippen LogP contribution in [-0.4, -0.2) is 57.9 Å². The predicted molar refractivity (Wildman–Crippen MR) is 95.7 cm³/mol. The molecule has 8 nitrogen and oxygen atoms in total. The van der Waals surface area contributed by atoms with Crippen molar-refractivity contribution in [2.75, 3.05) is 32.1 Å². The Morgan fingerprint density at radius 2 is 2.28 bits per heavy atom. The Labute approximate surface area is 151 Å². The Bertz CT molecular complexity index is 703. The second kappa shape index (κ2) is 8.03. The van der Waals surface area contributed by atoms with Gasteiger partial charge in [-0.2, -0.15) is 5.10 Å². The van der Waals surface area contributed by atoms with E-state index in [1.807, 2.05) is 25.8 Å². The number of H-pyrrole nitrogens is 1. The van der Waals surface area contributed by atoms with Gasteiger partial charge in [-0.15, -0.1) is 10.2 Å². The van der Waals surface area contributed by atoms with Crippen LogP contribution in [0.2, 0.25) is 0 Å². The quantitative estimate of drug-likeness (QED) is 0.778. The highest BCUT2D eigenvalue weighted by Crippen LogP contribution is 2.31. The van der Waals surface area contributed by atoms with Crippen LogP contribution in [0, 0.1) is 13.8 Å². The van der Waals surface area contributed by atoms with Crippen LogP contribution in [0.15, 0.2) is 0 Å². The van der Waals surface area contributed by atoms with Crippen molar-refractivity contribution in [2.45, 2.75) is 39.2 Å². The highest BCUT2D eigenvalue weighted by Gasteiger charge is 2.22. The number of ether oxygens (including phenoxy) is 1. The summed E-state index contributed by atoms with van der Waals surface area (Å²) in [4.78, 5) is 14.2. The molecular formula is C16H24N6O2S. The van der Waals surface area contributed by atoms with Crippen LogP contribution in [0.4, 0.5) is 5.13 Å². The van der Waals surface area contributed by atoms with Gasteiger partial charge in [0.25, 0.3) is 0 Å². The largest absolute Gasteiger partial charge is 0.371 e. The molecule has 0 radical (unpaired) electrons. The molecule has 2 N–H and O–H groups in total. The summed E-state index contributed by atoms with van der Waals surface area (Å²) < 4.78 is 5.59. The van der Waals surface area contributed by atoms with Crippen molar-refractivity contribution in [2.24, 2.45) is 0 Å². The number of hydrogen-bond donors (Lipinski definition) is 2. The maximum Gasteiger partial charge on any atom is 0.240 e. The van der Waals surface area contributed by atoms with Gasteiger partial charge in [0.2, 0.25) is 11.0 Å². The topological polar surface area (TPSA) is 96.0 Å². The fraction of sp³-hybridized carbons (Fsp3) is 0.625. The first-order valence-electron chi connectivity index (χ1n) is 8.46. The van der Waals surface area contributed by atoms with Crippen LogP contribution >= 0.6 is 11.3 Å². The van der Waals surface area contributed by atoms with Crippen LogP contribution in [0.25, 0.3) is 0 Å². The molecule has 0 spiro atoms. The summed E-state index contributed by atoms with van der Waals surface area (Å²) in [6.07, 6.45) is 2.91. The van der Waals surface area contributed by atoms with Crippen molar-refractivity contribution < 1.29 is 9.53 Å². The summed E-state index contributed by atoms with van der Waals surface area (Å²) >= 11 is 1.39. The van der Waals surface area contributed by atoms with Gasteiger partial charge < -0.3 is 4.74 Å². The Balaban J connectivity index is 1.45. The number of aryl methyl sites for hydroxylation is 2. The van der Waals surface area contributed by atoms with Crippen molar-refractivity contribution in [3.8, 4) is 0 Å². The molecule has 3 rings (SSSR count). The van der Waals surface area contributed by atoms with Gasteiger partial charge in [0.05, 0.1) is 12.2 Å². The van der Waals surface area contributed by atoms with E-state index in [4.69, 9.17) is 4.74 Å². The number of nitrogens with zero attached hydrogens (tertiary/aromatic N) is 4. The van der Waals surface area contributed by atoms with Crippen LogP contribution in [-0.2, 0) is 16.0 Å². The maximum atomic E-state index is 12.2. The lowest BCUT2D eigenvalue weighted by Gasteiger charge is -2.15. The Hall–Kier alpha value is -1.84. The van der Waals surface area contributed by atoms with E-state index in [0.29, 0.717) is 11.7 Å². The highest BCUT2D eigenvalue weighted by atomic mass is 32.1. The monoisotopic (exact) mass is 364 g/mol. The number of carbonyl (C=O) groups excluding carboxylic acids is 1. The first-order valence-corrected chi connectivity index (χ1v) is 9.28. The lowest BCUT2D eigenvalue weighted by atomic mass is 10.1. The van der Waals surface area contributed by atoms with E-state index in [2.05, 4.69) is 25.7 Å². The van der Waals surface area contributed by atoms with Gasteiger partial charge in [-0.25, -0.2) is 0 Å². The molecule has 3 heterocycles. The third-order valence-corrected chi connectivity index (χ3v) is 5.26. The summed E-state index contributed by atoms with van der Waals surface area (Å²) in [7, 11) is 1.93. The number of hydrogen-bond acceptors (Lipinski definition) is 7. The lowest BCUT2D eigenvalue weighted by Crippen LogP contribution is -2.31. The zero-order valence-electron chi connectivity index (χ0n) is 14.8. The van der Waals surface area contributed by atoms with Gasteiger partial charge in [-0.3, -0.25) is 20.1 Å². The van der Waals surface area contributed by atoms with Crippen LogP contribution in [0.1, 0.15) is 40.9 Å². The summed E-state index contributed by atoms with van der Waals surface area (Å²) in [6, 6.07) is 0. The van der Waals surface area contributed by atoms with Gasteiger partial charge >= 0.3 is 0 Å². The fourth-order valence-corrected chi connectivity index (χ4v) is 3.76. The first-order chi connectivity index (χ1) is 12.0. The van der Waals surface area contributed by atoms with Gasteiger partial charge in [-0.05, 0) is 45.7 Å². The molecule has 1 amide bonds. The summed E-state index contributed by atoms with van der Waals surface area (Å²) in [5.41, 5.74) is 3.33. The zero-order valence-corrected chi connectivity index (χ0v) is 15.7. The van der Waals surface area contributed by atoms with Crippen molar-refractivity contribution in [3.05, 3.63) is 22.0 Å². The average Bonchev–Trinajstić information content (AvgIpc) is 3.28. The molecule has 9 heteroatoms. The summed E-state index contributed by atoms with van der Waals surface area (Å²) in [6.45, 7) is 5.87. The molecule has 1 aliphatic heterocycles. The van der Waals surface area contributed by atoms with Crippen molar-refractivity contribution in [1.82, 2.24) is 25.3 Å². The molecule has 136 valence electrons. The number of aromatic nitrogens is 4. The van der Waals surface area contributed by atoms with E-state index >= 15 is 0 Å². The molecule has 1 unspecified atom stereocenters. The van der Waals surface area contributed by atoms with E-state index in [1.165, 1.54) is 16.9 Å². The Morgan fingerprint density at radius 3 is 2.96 bits per heavy atom. The molecule has 2 aromatic rings. The molecule has 0 saturated carbocycles. The van der Waals surface area contributed by atoms with Gasteiger partial charge in [0.15, 0.2) is 0 Å². The Morgan fingerprint density at radius 1 is 1.44 bits per heavy atom. The minimum Gasteiger partial charge on any atom is -0.371 e. The molecule has 0 aliphatic carbocycles. The van der Waals surface area contributed by atoms with E-state index < -0.39 is 0 Å². The van der Waals surface area contributed by atoms with Gasteiger partial charge in [0.1, 0.15) is 11.1 Å². The second-order valence-corrected chi connectivity index (χ2v) is 7.40. The number of amides is 1. The first kappa shape index (κ1) is 18.0. The van der Waals surface area contributed by atoms with E-state index in [1.54, 1.807) is 0 Å². The average molecular weight is 364 g/mol. The molecule has 0 aromatic carbocycles. The van der Waals surface area contributed by atoms with E-state index in [0.717, 1.165) is 48.8 Å². The molecule has 25 heavy (non-hydrogen) atoms. The number of carbonyl (C=O) groups is 1. The lowest BCUT2D eigenvalue weighted by molar-refractivity contribution is -0.117. The molecule has 1 atom stereocenters. The van der Waals surface area contributed by atoms with Crippen molar-refractivity contribution in [1.29, 1.82) is 0 Å². The fourth-order valence-electron chi connectivity index (χ4n) is 2.92. The third-order valence-electron chi connectivity index (χ3n) is 4.33. The normalized spacial score (nSPS) is 17.4. The molecular weight excluding hydrogens is 340 g/mol. The molecule has 2 aromatic heterocycles. The molecule has 1 aliphatic rings. The summed E-state index contributed by atoms with van der Waals surface area (Å²) in [5.74, 6) is -0.0850. The summed E-state index contributed by atoms with van der Waals surface area (Å²) in [5, 5.41) is 19.6. The van der Waals surface area contributed by atoms with E-state index in [-0.39, 0.29) is 12.0 Å². The second-order valence-electron chi connectivity index (χ2n) is 6.40. The van der Waals surface area contributed by atoms with Gasteiger partial charge in [-0.1, -0.05) is 11.3 Å². The number of aromatic amines is 1. The van der Waals surface area contributed by atoms with Gasteiger partial charge in [0, 0.05) is 18.8 Å². The molecule has 1 fully saturated rings. The minimum atomic E-state index is -0.0850. The predicted octanol–water partition coefficient (Wildman–Crippen LogP) is 1.84. The SMILES string of the molecule is Cc1n[nH]c(C)c1CCN(C)CC(=O)Nc1nnc(C2CCCO2)s1. The minimum absolute atomic E-state index is 0.0345. The zero-order chi connectivity index (χ0) is 17.8. The smallest absolute Gasteiger partial charge is 0.240 e. The molecule has 0 bridgehead atoms.